The van der Waals surface area contributed by atoms with Gasteiger partial charge in [0.25, 0.3) is 5.91 Å². The average molecular weight is 340 g/mol. The van der Waals surface area contributed by atoms with Gasteiger partial charge in [0.2, 0.25) is 5.91 Å². The van der Waals surface area contributed by atoms with Crippen LogP contribution in [-0.2, 0) is 17.8 Å². The minimum absolute atomic E-state index is 0.0242. The van der Waals surface area contributed by atoms with Gasteiger partial charge in [-0.15, -0.1) is 0 Å². The molecule has 0 radical (unpaired) electrons. The maximum absolute atomic E-state index is 13.4. The Kier molecular flexibility index (Phi) is 4.83. The van der Waals surface area contributed by atoms with Crippen molar-refractivity contribution in [1.29, 1.82) is 0 Å². The molecule has 0 bridgehead atoms. The molecule has 2 amide bonds. The summed E-state index contributed by atoms with van der Waals surface area (Å²) in [4.78, 5) is 28.3. The van der Waals surface area contributed by atoms with Gasteiger partial charge in [0, 0.05) is 24.3 Å². The summed E-state index contributed by atoms with van der Waals surface area (Å²) in [6, 6.07) is 11.6. The quantitative estimate of drug-likeness (QED) is 0.837. The molecule has 0 spiro atoms. The first-order chi connectivity index (χ1) is 12.0. The first kappa shape index (κ1) is 17.1. The van der Waals surface area contributed by atoms with Gasteiger partial charge in [0.05, 0.1) is 13.0 Å². The highest BCUT2D eigenvalue weighted by atomic mass is 19.1. The number of rotatable bonds is 5. The van der Waals surface area contributed by atoms with Crippen molar-refractivity contribution in [3.05, 3.63) is 65.0 Å². The number of halogens is 1. The Bertz CT molecular complexity index is 815. The molecule has 3 rings (SSSR count). The van der Waals surface area contributed by atoms with E-state index >= 15 is 0 Å². The van der Waals surface area contributed by atoms with Crippen LogP contribution in [0.1, 0.15) is 35.3 Å². The van der Waals surface area contributed by atoms with Crippen LogP contribution in [0.2, 0.25) is 0 Å². The first-order valence-corrected chi connectivity index (χ1v) is 8.50. The summed E-state index contributed by atoms with van der Waals surface area (Å²) < 4.78 is 13.4. The molecule has 2 aromatic rings. The molecule has 0 aromatic heterocycles. The third-order valence-electron chi connectivity index (χ3n) is 4.54. The molecule has 5 heteroatoms. The first-order valence-electron chi connectivity index (χ1n) is 8.50. The zero-order chi connectivity index (χ0) is 18.0. The van der Waals surface area contributed by atoms with Crippen LogP contribution in [0.15, 0.2) is 42.5 Å². The van der Waals surface area contributed by atoms with Gasteiger partial charge >= 0.3 is 0 Å². The number of hydrogen-bond acceptors (Lipinski definition) is 2. The number of anilines is 1. The number of nitrogens with zero attached hydrogens (tertiary/aromatic N) is 2. The van der Waals surface area contributed by atoms with Crippen LogP contribution in [0.4, 0.5) is 10.1 Å². The molecule has 0 atom stereocenters. The molecule has 0 N–H and O–H groups in total. The number of benzene rings is 2. The van der Waals surface area contributed by atoms with Gasteiger partial charge in [-0.3, -0.25) is 9.59 Å². The Morgan fingerprint density at radius 2 is 1.92 bits per heavy atom. The lowest BCUT2D eigenvalue weighted by molar-refractivity contribution is -0.117. The topological polar surface area (TPSA) is 40.6 Å². The average Bonchev–Trinajstić information content (AvgIpc) is 2.91. The molecule has 1 aliphatic heterocycles. The van der Waals surface area contributed by atoms with E-state index in [9.17, 15) is 14.0 Å². The second-order valence-electron chi connectivity index (χ2n) is 6.11. The highest BCUT2D eigenvalue weighted by Crippen LogP contribution is 2.31. The maximum Gasteiger partial charge on any atom is 0.253 e. The van der Waals surface area contributed by atoms with E-state index < -0.39 is 0 Å². The Hall–Kier alpha value is -2.69. The lowest BCUT2D eigenvalue weighted by atomic mass is 10.1. The molecule has 0 aliphatic carbocycles. The molecule has 25 heavy (non-hydrogen) atoms. The predicted molar refractivity (Wildman–Crippen MR) is 95.0 cm³/mol. The van der Waals surface area contributed by atoms with E-state index in [0.29, 0.717) is 25.2 Å². The van der Waals surface area contributed by atoms with Crippen molar-refractivity contribution in [1.82, 2.24) is 4.90 Å². The van der Waals surface area contributed by atoms with Crippen LogP contribution < -0.4 is 4.90 Å². The van der Waals surface area contributed by atoms with E-state index in [1.54, 1.807) is 34.1 Å². The van der Waals surface area contributed by atoms with Gasteiger partial charge in [0.1, 0.15) is 5.82 Å². The van der Waals surface area contributed by atoms with Crippen LogP contribution in [0.3, 0.4) is 0 Å². The lowest BCUT2D eigenvalue weighted by Crippen LogP contribution is -2.30. The van der Waals surface area contributed by atoms with E-state index in [0.717, 1.165) is 16.8 Å². The molecule has 0 saturated carbocycles. The lowest BCUT2D eigenvalue weighted by Gasteiger charge is -2.20. The minimum Gasteiger partial charge on any atom is -0.339 e. The Morgan fingerprint density at radius 1 is 1.16 bits per heavy atom. The summed E-state index contributed by atoms with van der Waals surface area (Å²) in [5, 5.41) is 0. The van der Waals surface area contributed by atoms with Crippen molar-refractivity contribution in [2.75, 3.05) is 18.0 Å². The zero-order valence-electron chi connectivity index (χ0n) is 14.5. The van der Waals surface area contributed by atoms with Gasteiger partial charge in [-0.1, -0.05) is 12.1 Å². The second kappa shape index (κ2) is 7.05. The van der Waals surface area contributed by atoms with Gasteiger partial charge in [-0.05, 0) is 55.3 Å². The summed E-state index contributed by atoms with van der Waals surface area (Å²) in [6.07, 6.45) is 0.268. The van der Waals surface area contributed by atoms with Crippen molar-refractivity contribution < 1.29 is 14.0 Å². The molecule has 4 nitrogen and oxygen atoms in total. The molecular weight excluding hydrogens is 319 g/mol. The largest absolute Gasteiger partial charge is 0.339 e. The summed E-state index contributed by atoms with van der Waals surface area (Å²) in [7, 11) is 0. The summed E-state index contributed by atoms with van der Waals surface area (Å²) in [5.41, 5.74) is 2.98. The molecule has 0 unspecified atom stereocenters. The van der Waals surface area contributed by atoms with Crippen molar-refractivity contribution in [2.24, 2.45) is 0 Å². The Morgan fingerprint density at radius 3 is 2.60 bits per heavy atom. The van der Waals surface area contributed by atoms with Crippen molar-refractivity contribution >= 4 is 17.5 Å². The van der Waals surface area contributed by atoms with Gasteiger partial charge in [-0.2, -0.15) is 0 Å². The standard InChI is InChI=1S/C20H21FN2O2/c1-3-22(4-2)20(25)15-8-9-18-16(11-15)12-19(24)23(18)13-14-6-5-7-17(21)10-14/h5-11H,3-4,12-13H2,1-2H3. The maximum atomic E-state index is 13.4. The Balaban J connectivity index is 1.86. The molecule has 1 heterocycles. The fourth-order valence-electron chi connectivity index (χ4n) is 3.20. The molecule has 0 saturated heterocycles. The number of hydrogen-bond donors (Lipinski definition) is 0. The van der Waals surface area contributed by atoms with Crippen LogP contribution in [-0.4, -0.2) is 29.8 Å². The van der Waals surface area contributed by atoms with E-state index in [4.69, 9.17) is 0 Å². The summed E-state index contributed by atoms with van der Waals surface area (Å²) >= 11 is 0. The number of amides is 2. The number of carbonyl (C=O) groups is 2. The predicted octanol–water partition coefficient (Wildman–Crippen LogP) is 3.40. The van der Waals surface area contributed by atoms with Gasteiger partial charge in [0.15, 0.2) is 0 Å². The van der Waals surface area contributed by atoms with Gasteiger partial charge < -0.3 is 9.80 Å². The third kappa shape index (κ3) is 3.40. The van der Waals surface area contributed by atoms with Crippen molar-refractivity contribution in [3.63, 3.8) is 0 Å². The van der Waals surface area contributed by atoms with E-state index in [-0.39, 0.29) is 24.1 Å². The minimum atomic E-state index is -0.315. The summed E-state index contributed by atoms with van der Waals surface area (Å²) in [5.74, 6) is -0.375. The second-order valence-corrected chi connectivity index (χ2v) is 6.11. The molecule has 2 aromatic carbocycles. The monoisotopic (exact) mass is 340 g/mol. The molecule has 130 valence electrons. The highest BCUT2D eigenvalue weighted by Gasteiger charge is 2.28. The Labute approximate surface area is 146 Å². The van der Waals surface area contributed by atoms with Crippen molar-refractivity contribution in [2.45, 2.75) is 26.8 Å². The van der Waals surface area contributed by atoms with Crippen LogP contribution >= 0.6 is 0 Å². The smallest absolute Gasteiger partial charge is 0.253 e. The number of fused-ring (bicyclic) bond motifs is 1. The normalized spacial score (nSPS) is 13.1. The SMILES string of the molecule is CCN(CC)C(=O)c1ccc2c(c1)CC(=O)N2Cc1cccc(F)c1. The number of carbonyl (C=O) groups excluding carboxylic acids is 2. The van der Waals surface area contributed by atoms with Crippen LogP contribution in [0, 0.1) is 5.82 Å². The van der Waals surface area contributed by atoms with Crippen LogP contribution in [0.5, 0.6) is 0 Å². The van der Waals surface area contributed by atoms with Gasteiger partial charge in [-0.25, -0.2) is 4.39 Å². The van der Waals surface area contributed by atoms with E-state index in [1.807, 2.05) is 19.9 Å². The van der Waals surface area contributed by atoms with Crippen molar-refractivity contribution in [3.8, 4) is 0 Å². The van der Waals surface area contributed by atoms with E-state index in [2.05, 4.69) is 0 Å². The fourth-order valence-corrected chi connectivity index (χ4v) is 3.20. The fraction of sp³-hybridized carbons (Fsp3) is 0.300. The molecule has 0 fully saturated rings. The molecule has 1 aliphatic rings. The van der Waals surface area contributed by atoms with Crippen LogP contribution in [0.25, 0.3) is 0 Å². The highest BCUT2D eigenvalue weighted by molar-refractivity contribution is 6.03. The molecular formula is C20H21FN2O2. The zero-order valence-corrected chi connectivity index (χ0v) is 14.5. The third-order valence-corrected chi connectivity index (χ3v) is 4.54. The van der Waals surface area contributed by atoms with E-state index in [1.165, 1.54) is 12.1 Å². The summed E-state index contributed by atoms with van der Waals surface area (Å²) in [6.45, 7) is 5.51.